The van der Waals surface area contributed by atoms with E-state index in [1.807, 2.05) is 0 Å². The number of nitrogens with two attached hydrogens (primary N) is 1. The van der Waals surface area contributed by atoms with Gasteiger partial charge in [0.25, 0.3) is 0 Å². The fourth-order valence-corrected chi connectivity index (χ4v) is 3.53. The van der Waals surface area contributed by atoms with Crippen molar-refractivity contribution < 1.29 is 0 Å². The smallest absolute Gasteiger partial charge is 0.0219 e. The Kier molecular flexibility index (Phi) is 9.54. The zero-order valence-corrected chi connectivity index (χ0v) is 15.0. The first-order valence-electron chi connectivity index (χ1n) is 9.26. The molecule has 0 aromatic heterocycles. The first-order chi connectivity index (χ1) is 10.1. The number of piperazine rings is 1. The van der Waals surface area contributed by atoms with E-state index in [1.165, 1.54) is 64.5 Å². The maximum atomic E-state index is 6.05. The second kappa shape index (κ2) is 10.6. The van der Waals surface area contributed by atoms with Crippen LogP contribution >= 0.6 is 0 Å². The van der Waals surface area contributed by atoms with Crippen molar-refractivity contribution in [2.75, 3.05) is 26.7 Å². The van der Waals surface area contributed by atoms with Crippen molar-refractivity contribution in [3.63, 3.8) is 0 Å². The number of likely N-dealkylation sites (N-methyl/N-ethyl adjacent to an activating group) is 1. The molecule has 3 nitrogen and oxygen atoms in total. The predicted octanol–water partition coefficient (Wildman–Crippen LogP) is 3.48. The predicted molar refractivity (Wildman–Crippen MR) is 93.7 cm³/mol. The van der Waals surface area contributed by atoms with Gasteiger partial charge in [-0.25, -0.2) is 0 Å². The van der Waals surface area contributed by atoms with Crippen LogP contribution in [0.1, 0.15) is 72.1 Å². The molecule has 1 saturated heterocycles. The van der Waals surface area contributed by atoms with Gasteiger partial charge in [-0.2, -0.15) is 0 Å². The highest BCUT2D eigenvalue weighted by Gasteiger charge is 2.29. The van der Waals surface area contributed by atoms with E-state index < -0.39 is 0 Å². The van der Waals surface area contributed by atoms with Gasteiger partial charge in [0.2, 0.25) is 0 Å². The Bertz CT molecular complexity index is 245. The highest BCUT2D eigenvalue weighted by Crippen LogP contribution is 2.19. The summed E-state index contributed by atoms with van der Waals surface area (Å²) in [5, 5.41) is 0. The lowest BCUT2D eigenvalue weighted by molar-refractivity contribution is 0.0328. The molecule has 3 unspecified atom stereocenters. The van der Waals surface area contributed by atoms with Gasteiger partial charge in [0.1, 0.15) is 0 Å². The van der Waals surface area contributed by atoms with Crippen LogP contribution in [0.3, 0.4) is 0 Å². The van der Waals surface area contributed by atoms with Crippen LogP contribution in [0.15, 0.2) is 0 Å². The topological polar surface area (TPSA) is 32.5 Å². The van der Waals surface area contributed by atoms with Gasteiger partial charge in [-0.05, 0) is 27.3 Å². The monoisotopic (exact) mass is 297 g/mol. The van der Waals surface area contributed by atoms with Crippen molar-refractivity contribution in [1.82, 2.24) is 9.80 Å². The summed E-state index contributed by atoms with van der Waals surface area (Å²) in [4.78, 5) is 5.14. The Morgan fingerprint density at radius 2 is 1.48 bits per heavy atom. The SMILES string of the molecule is CCCCCCCCCC(CN)N1CC(C)N(C)C(C)C1. The van der Waals surface area contributed by atoms with Gasteiger partial charge in [-0.3, -0.25) is 9.80 Å². The molecule has 0 aliphatic carbocycles. The average Bonchev–Trinajstić information content (AvgIpc) is 2.47. The van der Waals surface area contributed by atoms with E-state index in [1.54, 1.807) is 0 Å². The minimum absolute atomic E-state index is 0.597. The third kappa shape index (κ3) is 6.66. The summed E-state index contributed by atoms with van der Waals surface area (Å²) in [5.41, 5.74) is 6.05. The summed E-state index contributed by atoms with van der Waals surface area (Å²) in [6, 6.07) is 1.90. The summed E-state index contributed by atoms with van der Waals surface area (Å²) in [7, 11) is 2.25. The Labute approximate surface area is 133 Å². The largest absolute Gasteiger partial charge is 0.329 e. The van der Waals surface area contributed by atoms with Crippen LogP contribution in [-0.4, -0.2) is 54.6 Å². The number of rotatable bonds is 10. The summed E-state index contributed by atoms with van der Waals surface area (Å²) < 4.78 is 0. The van der Waals surface area contributed by atoms with Crippen molar-refractivity contribution in [1.29, 1.82) is 0 Å². The molecule has 2 N–H and O–H groups in total. The van der Waals surface area contributed by atoms with Crippen LogP contribution in [0, 0.1) is 0 Å². The lowest BCUT2D eigenvalue weighted by Gasteiger charge is -2.45. The van der Waals surface area contributed by atoms with E-state index in [0.717, 1.165) is 6.54 Å². The van der Waals surface area contributed by atoms with Gasteiger partial charge >= 0.3 is 0 Å². The fraction of sp³-hybridized carbons (Fsp3) is 1.00. The first kappa shape index (κ1) is 18.9. The zero-order valence-electron chi connectivity index (χ0n) is 15.0. The molecular weight excluding hydrogens is 258 g/mol. The van der Waals surface area contributed by atoms with Crippen molar-refractivity contribution in [2.24, 2.45) is 5.73 Å². The van der Waals surface area contributed by atoms with E-state index >= 15 is 0 Å². The van der Waals surface area contributed by atoms with Gasteiger partial charge < -0.3 is 5.73 Å². The molecule has 1 rings (SSSR count). The minimum Gasteiger partial charge on any atom is -0.329 e. The Hall–Kier alpha value is -0.120. The molecule has 126 valence electrons. The molecule has 1 aliphatic heterocycles. The highest BCUT2D eigenvalue weighted by molar-refractivity contribution is 4.86. The molecule has 3 heteroatoms. The first-order valence-corrected chi connectivity index (χ1v) is 9.26. The molecule has 21 heavy (non-hydrogen) atoms. The summed E-state index contributed by atoms with van der Waals surface area (Å²) in [5.74, 6) is 0. The summed E-state index contributed by atoms with van der Waals surface area (Å²) >= 11 is 0. The molecule has 0 spiro atoms. The van der Waals surface area contributed by atoms with Crippen LogP contribution < -0.4 is 5.73 Å². The van der Waals surface area contributed by atoms with Crippen molar-refractivity contribution in [3.05, 3.63) is 0 Å². The maximum Gasteiger partial charge on any atom is 0.0219 e. The Balaban J connectivity index is 2.22. The molecule has 0 saturated carbocycles. The number of hydrogen-bond acceptors (Lipinski definition) is 3. The second-order valence-electron chi connectivity index (χ2n) is 7.12. The summed E-state index contributed by atoms with van der Waals surface area (Å²) in [6.45, 7) is 10.1. The molecule has 3 atom stereocenters. The molecule has 1 heterocycles. The van der Waals surface area contributed by atoms with E-state index in [9.17, 15) is 0 Å². The number of nitrogens with zero attached hydrogens (tertiary/aromatic N) is 2. The molecular formula is C18H39N3. The normalized spacial score (nSPS) is 26.1. The minimum atomic E-state index is 0.597. The molecule has 0 radical (unpaired) electrons. The van der Waals surface area contributed by atoms with Gasteiger partial charge in [0.15, 0.2) is 0 Å². The number of unbranched alkanes of at least 4 members (excludes halogenated alkanes) is 6. The Morgan fingerprint density at radius 1 is 0.952 bits per heavy atom. The molecule has 0 aromatic carbocycles. The quantitative estimate of drug-likeness (QED) is 0.627. The standard InChI is InChI=1S/C18H39N3/c1-5-6-7-8-9-10-11-12-18(13-19)21-14-16(2)20(4)17(3)15-21/h16-18H,5-15,19H2,1-4H3. The van der Waals surface area contributed by atoms with E-state index in [4.69, 9.17) is 5.73 Å². The van der Waals surface area contributed by atoms with E-state index in [2.05, 4.69) is 37.6 Å². The lowest BCUT2D eigenvalue weighted by Crippen LogP contribution is -2.58. The van der Waals surface area contributed by atoms with Crippen molar-refractivity contribution in [2.45, 2.75) is 90.3 Å². The van der Waals surface area contributed by atoms with Crippen molar-refractivity contribution >= 4 is 0 Å². The maximum absolute atomic E-state index is 6.05. The highest BCUT2D eigenvalue weighted by atomic mass is 15.3. The number of hydrogen-bond donors (Lipinski definition) is 1. The molecule has 1 aliphatic rings. The van der Waals surface area contributed by atoms with E-state index in [-0.39, 0.29) is 0 Å². The van der Waals surface area contributed by atoms with Gasteiger partial charge in [0, 0.05) is 37.8 Å². The summed E-state index contributed by atoms with van der Waals surface area (Å²) in [6.07, 6.45) is 11.0. The molecule has 0 aromatic rings. The van der Waals surface area contributed by atoms with Crippen molar-refractivity contribution in [3.8, 4) is 0 Å². The van der Waals surface area contributed by atoms with Gasteiger partial charge in [0.05, 0.1) is 0 Å². The Morgan fingerprint density at radius 3 is 2.00 bits per heavy atom. The molecule has 0 bridgehead atoms. The third-order valence-electron chi connectivity index (χ3n) is 5.32. The van der Waals surface area contributed by atoms with Crippen LogP contribution in [-0.2, 0) is 0 Å². The fourth-order valence-electron chi connectivity index (χ4n) is 3.53. The average molecular weight is 298 g/mol. The second-order valence-corrected chi connectivity index (χ2v) is 7.12. The van der Waals surface area contributed by atoms with Gasteiger partial charge in [-0.1, -0.05) is 51.9 Å². The van der Waals surface area contributed by atoms with E-state index in [0.29, 0.717) is 18.1 Å². The third-order valence-corrected chi connectivity index (χ3v) is 5.32. The zero-order chi connectivity index (χ0) is 15.7. The lowest BCUT2D eigenvalue weighted by atomic mass is 10.0. The van der Waals surface area contributed by atoms with Gasteiger partial charge in [-0.15, -0.1) is 0 Å². The van der Waals surface area contributed by atoms with Crippen LogP contribution in [0.4, 0.5) is 0 Å². The molecule has 1 fully saturated rings. The van der Waals surface area contributed by atoms with Crippen LogP contribution in [0.2, 0.25) is 0 Å². The van der Waals surface area contributed by atoms with Crippen LogP contribution in [0.25, 0.3) is 0 Å². The molecule has 0 amide bonds. The van der Waals surface area contributed by atoms with Crippen LogP contribution in [0.5, 0.6) is 0 Å².